The molecule has 0 aromatic rings. The van der Waals surface area contributed by atoms with Crippen LogP contribution in [0, 0.1) is 0 Å². The number of carbonyl (C=O) groups excluding carboxylic acids is 1. The maximum Gasteiger partial charge on any atom is 0.277 e. The summed E-state index contributed by atoms with van der Waals surface area (Å²) in [5, 5.41) is 8.29. The van der Waals surface area contributed by atoms with Gasteiger partial charge in [0, 0.05) is 33.3 Å². The molecule has 2 aliphatic heterocycles. The quantitative estimate of drug-likeness (QED) is 0.634. The van der Waals surface area contributed by atoms with Crippen LogP contribution in [0.15, 0.2) is 0 Å². The maximum atomic E-state index is 12.6. The fraction of sp³-hybridized carbons (Fsp3) is 0.909. The highest BCUT2D eigenvalue weighted by Gasteiger charge is 2.43. The molecule has 0 bridgehead atoms. The van der Waals surface area contributed by atoms with Gasteiger partial charge in [0.1, 0.15) is 5.60 Å². The predicted molar refractivity (Wildman–Crippen MR) is 73.1 cm³/mol. The van der Waals surface area contributed by atoms with Crippen molar-refractivity contribution in [1.82, 2.24) is 14.5 Å². The number of piperazine rings is 1. The van der Waals surface area contributed by atoms with Crippen LogP contribution in [0.5, 0.6) is 0 Å². The number of hydrogen-bond donors (Lipinski definition) is 2. The first kappa shape index (κ1) is 15.6. The van der Waals surface area contributed by atoms with Crippen LogP contribution in [-0.4, -0.2) is 75.5 Å². The minimum absolute atomic E-state index is 0.0458. The Morgan fingerprint density at radius 2 is 1.75 bits per heavy atom. The third-order valence-electron chi connectivity index (χ3n) is 4.08. The molecule has 0 atom stereocenters. The van der Waals surface area contributed by atoms with E-state index < -0.39 is 15.8 Å². The van der Waals surface area contributed by atoms with Crippen LogP contribution in [0.25, 0.3) is 0 Å². The van der Waals surface area contributed by atoms with E-state index >= 15 is 0 Å². The molecule has 116 valence electrons. The number of nitrogens with zero attached hydrogens (tertiary/aromatic N) is 2. The molecule has 0 saturated carbocycles. The van der Waals surface area contributed by atoms with Crippen LogP contribution in [0.2, 0.25) is 0 Å². The van der Waals surface area contributed by atoms with Crippen LogP contribution in [0.4, 0.5) is 0 Å². The van der Waals surface area contributed by atoms with Gasteiger partial charge in [0.2, 0.25) is 0 Å². The molecule has 0 unspecified atom stereocenters. The Hall–Kier alpha value is -0.740. The van der Waals surface area contributed by atoms with Crippen LogP contribution in [0.3, 0.4) is 0 Å². The van der Waals surface area contributed by atoms with Crippen molar-refractivity contribution in [3.63, 3.8) is 0 Å². The SMILES string of the molecule is COC1(C(=O)N2CCN(S(N)(=O)=O)CC2)CCNCC1. The van der Waals surface area contributed by atoms with Crippen molar-refractivity contribution in [1.29, 1.82) is 0 Å². The summed E-state index contributed by atoms with van der Waals surface area (Å²) in [4.78, 5) is 14.3. The number of methoxy groups -OCH3 is 1. The number of piperidine rings is 1. The van der Waals surface area contributed by atoms with Gasteiger partial charge in [-0.1, -0.05) is 0 Å². The standard InChI is InChI=1S/C11H22N4O4S/c1-19-11(2-4-13-5-3-11)10(16)14-6-8-15(9-7-14)20(12,17)18/h13H,2-9H2,1H3,(H2,12,17,18). The Morgan fingerprint density at radius 3 is 2.20 bits per heavy atom. The average molecular weight is 306 g/mol. The summed E-state index contributed by atoms with van der Waals surface area (Å²) in [6, 6.07) is 0. The topological polar surface area (TPSA) is 105 Å². The lowest BCUT2D eigenvalue weighted by atomic mass is 9.90. The summed E-state index contributed by atoms with van der Waals surface area (Å²) in [7, 11) is -2.11. The molecule has 0 aromatic carbocycles. The Bertz CT molecular complexity index is 453. The highest BCUT2D eigenvalue weighted by atomic mass is 32.2. The van der Waals surface area contributed by atoms with Crippen LogP contribution in [-0.2, 0) is 19.7 Å². The van der Waals surface area contributed by atoms with E-state index in [1.807, 2.05) is 0 Å². The van der Waals surface area contributed by atoms with Gasteiger partial charge in [-0.25, -0.2) is 5.14 Å². The minimum atomic E-state index is -3.67. The Balaban J connectivity index is 2.00. The average Bonchev–Trinajstić information content (AvgIpc) is 2.46. The van der Waals surface area contributed by atoms with Gasteiger partial charge < -0.3 is 15.0 Å². The molecule has 2 heterocycles. The molecule has 0 radical (unpaired) electrons. The number of carbonyl (C=O) groups is 1. The smallest absolute Gasteiger partial charge is 0.277 e. The lowest BCUT2D eigenvalue weighted by Crippen LogP contribution is -2.60. The van der Waals surface area contributed by atoms with Crippen LogP contribution < -0.4 is 10.5 Å². The molecule has 0 aliphatic carbocycles. The fourth-order valence-electron chi connectivity index (χ4n) is 2.77. The van der Waals surface area contributed by atoms with Crippen LogP contribution in [0.1, 0.15) is 12.8 Å². The number of ether oxygens (including phenoxy) is 1. The predicted octanol–water partition coefficient (Wildman–Crippen LogP) is -1.90. The van der Waals surface area contributed by atoms with Gasteiger partial charge in [0.15, 0.2) is 0 Å². The van der Waals surface area contributed by atoms with E-state index in [0.717, 1.165) is 13.1 Å². The van der Waals surface area contributed by atoms with E-state index in [-0.39, 0.29) is 19.0 Å². The summed E-state index contributed by atoms with van der Waals surface area (Å²) in [5.74, 6) is -0.0458. The van der Waals surface area contributed by atoms with Crippen molar-refractivity contribution in [3.8, 4) is 0 Å². The van der Waals surface area contributed by atoms with E-state index in [4.69, 9.17) is 9.88 Å². The Labute approximate surface area is 119 Å². The van der Waals surface area contributed by atoms with Gasteiger partial charge in [-0.2, -0.15) is 12.7 Å². The fourth-order valence-corrected chi connectivity index (χ4v) is 3.44. The molecule has 3 N–H and O–H groups in total. The molecule has 2 saturated heterocycles. The first-order valence-electron chi connectivity index (χ1n) is 6.72. The van der Waals surface area contributed by atoms with Gasteiger partial charge in [-0.05, 0) is 25.9 Å². The van der Waals surface area contributed by atoms with Crippen molar-refractivity contribution >= 4 is 16.1 Å². The number of amides is 1. The molecule has 9 heteroatoms. The molecular formula is C11H22N4O4S. The highest BCUT2D eigenvalue weighted by Crippen LogP contribution is 2.25. The van der Waals surface area contributed by atoms with Crippen LogP contribution >= 0.6 is 0 Å². The van der Waals surface area contributed by atoms with Crippen molar-refractivity contribution < 1.29 is 17.9 Å². The monoisotopic (exact) mass is 306 g/mol. The molecule has 2 rings (SSSR count). The molecule has 0 spiro atoms. The Morgan fingerprint density at radius 1 is 1.20 bits per heavy atom. The zero-order chi connectivity index (χ0) is 14.8. The minimum Gasteiger partial charge on any atom is -0.368 e. The second kappa shape index (κ2) is 5.94. The summed E-state index contributed by atoms with van der Waals surface area (Å²) in [6.45, 7) is 2.68. The Kier molecular flexibility index (Phi) is 4.65. The highest BCUT2D eigenvalue weighted by molar-refractivity contribution is 7.86. The van der Waals surface area contributed by atoms with Gasteiger partial charge in [-0.15, -0.1) is 0 Å². The molecule has 8 nitrogen and oxygen atoms in total. The molecular weight excluding hydrogens is 284 g/mol. The molecule has 20 heavy (non-hydrogen) atoms. The summed E-state index contributed by atoms with van der Waals surface area (Å²) < 4.78 is 29.2. The van der Waals surface area contributed by atoms with E-state index in [1.165, 1.54) is 4.31 Å². The summed E-state index contributed by atoms with van der Waals surface area (Å²) in [6.07, 6.45) is 1.27. The maximum absolute atomic E-state index is 12.6. The van der Waals surface area contributed by atoms with Crippen molar-refractivity contribution in [2.45, 2.75) is 18.4 Å². The lowest BCUT2D eigenvalue weighted by Gasteiger charge is -2.41. The normalized spacial score (nSPS) is 24.6. The van der Waals surface area contributed by atoms with E-state index in [1.54, 1.807) is 12.0 Å². The third-order valence-corrected chi connectivity index (χ3v) is 5.16. The first-order valence-corrected chi connectivity index (χ1v) is 8.22. The largest absolute Gasteiger partial charge is 0.368 e. The number of rotatable bonds is 3. The molecule has 2 aliphatic rings. The van der Waals surface area contributed by atoms with Gasteiger partial charge in [0.25, 0.3) is 16.1 Å². The first-order chi connectivity index (χ1) is 9.39. The lowest BCUT2D eigenvalue weighted by molar-refractivity contribution is -0.159. The second-order valence-corrected chi connectivity index (χ2v) is 6.73. The zero-order valence-electron chi connectivity index (χ0n) is 11.7. The van der Waals surface area contributed by atoms with Gasteiger partial charge >= 0.3 is 0 Å². The summed E-state index contributed by atoms with van der Waals surface area (Å²) >= 11 is 0. The molecule has 0 aromatic heterocycles. The molecule has 2 fully saturated rings. The van der Waals surface area contributed by atoms with E-state index in [0.29, 0.717) is 25.9 Å². The van der Waals surface area contributed by atoms with Gasteiger partial charge in [-0.3, -0.25) is 4.79 Å². The molecule has 1 amide bonds. The third kappa shape index (κ3) is 3.12. The van der Waals surface area contributed by atoms with Crippen molar-refractivity contribution in [2.75, 3.05) is 46.4 Å². The van der Waals surface area contributed by atoms with Gasteiger partial charge in [0.05, 0.1) is 0 Å². The van der Waals surface area contributed by atoms with E-state index in [2.05, 4.69) is 5.32 Å². The zero-order valence-corrected chi connectivity index (χ0v) is 12.5. The van der Waals surface area contributed by atoms with Crippen molar-refractivity contribution in [3.05, 3.63) is 0 Å². The summed E-state index contributed by atoms with van der Waals surface area (Å²) in [5.41, 5.74) is -0.769. The van der Waals surface area contributed by atoms with Crippen molar-refractivity contribution in [2.24, 2.45) is 5.14 Å². The van der Waals surface area contributed by atoms with E-state index in [9.17, 15) is 13.2 Å². The number of nitrogens with one attached hydrogen (secondary N) is 1. The second-order valence-electron chi connectivity index (χ2n) is 5.18. The number of hydrogen-bond acceptors (Lipinski definition) is 5. The number of nitrogens with two attached hydrogens (primary N) is 1.